The summed E-state index contributed by atoms with van der Waals surface area (Å²) in [7, 11) is 0. The van der Waals surface area contributed by atoms with Crippen LogP contribution in [0.2, 0.25) is 5.02 Å². The van der Waals surface area contributed by atoms with E-state index in [-0.39, 0.29) is 11.8 Å². The van der Waals surface area contributed by atoms with Crippen molar-refractivity contribution in [1.82, 2.24) is 0 Å². The summed E-state index contributed by atoms with van der Waals surface area (Å²) >= 11 is 11.6. The number of halogens is 2. The molecular weight excluding hydrogens is 235 g/mol. The first-order valence-electron chi connectivity index (χ1n) is 4.15. The van der Waals surface area contributed by atoms with E-state index >= 15 is 0 Å². The standard InChI is InChI=1S/C10H8Cl2N2O/c1-6(15)14-10-7(5-13)2-3-9(12)8(10)4-11/h2-3H,4H2,1H3,(H,14,15). The van der Waals surface area contributed by atoms with Crippen molar-refractivity contribution >= 4 is 34.8 Å². The van der Waals surface area contributed by atoms with Gasteiger partial charge in [0.15, 0.2) is 0 Å². The summed E-state index contributed by atoms with van der Waals surface area (Å²) in [4.78, 5) is 11.0. The van der Waals surface area contributed by atoms with Crippen LogP contribution in [-0.2, 0) is 10.7 Å². The van der Waals surface area contributed by atoms with Crippen LogP contribution >= 0.6 is 23.2 Å². The van der Waals surface area contributed by atoms with E-state index in [0.29, 0.717) is 21.8 Å². The van der Waals surface area contributed by atoms with E-state index in [1.165, 1.54) is 6.92 Å². The molecule has 0 spiro atoms. The van der Waals surface area contributed by atoms with Crippen molar-refractivity contribution in [3.63, 3.8) is 0 Å². The molecule has 0 bridgehead atoms. The normalized spacial score (nSPS) is 9.47. The Hall–Kier alpha value is -1.24. The summed E-state index contributed by atoms with van der Waals surface area (Å²) in [6.07, 6.45) is 0. The lowest BCUT2D eigenvalue weighted by Crippen LogP contribution is -2.09. The molecule has 0 unspecified atom stereocenters. The Morgan fingerprint density at radius 2 is 2.27 bits per heavy atom. The predicted octanol–water partition coefficient (Wildman–Crippen LogP) is 2.91. The van der Waals surface area contributed by atoms with Gasteiger partial charge in [-0.1, -0.05) is 11.6 Å². The van der Waals surface area contributed by atoms with Crippen LogP contribution in [0.1, 0.15) is 18.1 Å². The number of hydrogen-bond acceptors (Lipinski definition) is 2. The van der Waals surface area contributed by atoms with Crippen molar-refractivity contribution < 1.29 is 4.79 Å². The number of nitrogens with one attached hydrogen (secondary N) is 1. The molecule has 3 nitrogen and oxygen atoms in total. The van der Waals surface area contributed by atoms with Crippen LogP contribution in [0.15, 0.2) is 12.1 Å². The van der Waals surface area contributed by atoms with Crippen LogP contribution < -0.4 is 5.32 Å². The lowest BCUT2D eigenvalue weighted by atomic mass is 10.1. The minimum absolute atomic E-state index is 0.143. The van der Waals surface area contributed by atoms with E-state index in [2.05, 4.69) is 5.32 Å². The van der Waals surface area contributed by atoms with E-state index in [9.17, 15) is 4.79 Å². The second kappa shape index (κ2) is 5.01. The second-order valence-corrected chi connectivity index (χ2v) is 3.55. The van der Waals surface area contributed by atoms with Gasteiger partial charge in [-0.05, 0) is 12.1 Å². The van der Waals surface area contributed by atoms with Gasteiger partial charge in [0, 0.05) is 17.5 Å². The van der Waals surface area contributed by atoms with E-state index < -0.39 is 0 Å². The van der Waals surface area contributed by atoms with Crippen LogP contribution in [0, 0.1) is 11.3 Å². The van der Waals surface area contributed by atoms with Crippen molar-refractivity contribution in [2.24, 2.45) is 0 Å². The molecule has 1 N–H and O–H groups in total. The molecular formula is C10H8Cl2N2O. The van der Waals surface area contributed by atoms with Crippen LogP contribution in [0.3, 0.4) is 0 Å². The Kier molecular flexibility index (Phi) is 3.96. The SMILES string of the molecule is CC(=O)Nc1c(C#N)ccc(Cl)c1CCl. The van der Waals surface area contributed by atoms with Crippen LogP contribution in [0.5, 0.6) is 0 Å². The molecule has 0 aromatic heterocycles. The second-order valence-electron chi connectivity index (χ2n) is 2.88. The average Bonchev–Trinajstić information content (AvgIpc) is 2.18. The van der Waals surface area contributed by atoms with Gasteiger partial charge in [-0.3, -0.25) is 4.79 Å². The predicted molar refractivity (Wildman–Crippen MR) is 60.0 cm³/mol. The van der Waals surface area contributed by atoms with E-state index in [1.807, 2.05) is 6.07 Å². The van der Waals surface area contributed by atoms with Crippen LogP contribution in [0.25, 0.3) is 0 Å². The van der Waals surface area contributed by atoms with Gasteiger partial charge in [-0.15, -0.1) is 11.6 Å². The summed E-state index contributed by atoms with van der Waals surface area (Å²) in [5.41, 5.74) is 1.31. The molecule has 0 heterocycles. The lowest BCUT2D eigenvalue weighted by Gasteiger charge is -2.10. The number of benzene rings is 1. The molecule has 0 aliphatic heterocycles. The third kappa shape index (κ3) is 2.62. The first kappa shape index (κ1) is 11.8. The summed E-state index contributed by atoms with van der Waals surface area (Å²) < 4.78 is 0. The molecule has 15 heavy (non-hydrogen) atoms. The zero-order chi connectivity index (χ0) is 11.4. The molecule has 0 radical (unpaired) electrons. The fourth-order valence-corrected chi connectivity index (χ4v) is 1.74. The summed E-state index contributed by atoms with van der Waals surface area (Å²) in [6, 6.07) is 5.10. The number of anilines is 1. The number of carbonyl (C=O) groups is 1. The highest BCUT2D eigenvalue weighted by Gasteiger charge is 2.12. The molecule has 0 atom stereocenters. The largest absolute Gasteiger partial charge is 0.325 e. The van der Waals surface area contributed by atoms with E-state index in [4.69, 9.17) is 28.5 Å². The highest BCUT2D eigenvalue weighted by Crippen LogP contribution is 2.29. The number of nitrogens with zero attached hydrogens (tertiary/aromatic N) is 1. The van der Waals surface area contributed by atoms with Crippen molar-refractivity contribution in [3.05, 3.63) is 28.3 Å². The number of carbonyl (C=O) groups excluding carboxylic acids is 1. The van der Waals surface area contributed by atoms with Gasteiger partial charge < -0.3 is 5.32 Å². The molecule has 1 rings (SSSR count). The topological polar surface area (TPSA) is 52.9 Å². The molecule has 5 heteroatoms. The van der Waals surface area contributed by atoms with Crippen molar-refractivity contribution in [2.45, 2.75) is 12.8 Å². The fourth-order valence-electron chi connectivity index (χ4n) is 1.17. The Labute approximate surface area is 97.6 Å². The summed E-state index contributed by atoms with van der Waals surface area (Å²) in [6.45, 7) is 1.36. The Morgan fingerprint density at radius 1 is 1.60 bits per heavy atom. The maximum Gasteiger partial charge on any atom is 0.221 e. The van der Waals surface area contributed by atoms with E-state index in [1.54, 1.807) is 12.1 Å². The number of nitriles is 1. The molecule has 1 aromatic carbocycles. The zero-order valence-electron chi connectivity index (χ0n) is 7.97. The van der Waals surface area contributed by atoms with Gasteiger partial charge in [0.25, 0.3) is 0 Å². The number of alkyl halides is 1. The molecule has 0 saturated heterocycles. The van der Waals surface area contributed by atoms with Gasteiger partial charge in [-0.25, -0.2) is 0 Å². The molecule has 0 aliphatic rings. The minimum Gasteiger partial charge on any atom is -0.325 e. The average molecular weight is 243 g/mol. The lowest BCUT2D eigenvalue weighted by molar-refractivity contribution is -0.114. The Balaban J connectivity index is 3.35. The Morgan fingerprint density at radius 3 is 2.73 bits per heavy atom. The van der Waals surface area contributed by atoms with Crippen LogP contribution in [-0.4, -0.2) is 5.91 Å². The van der Waals surface area contributed by atoms with Gasteiger partial charge in [0.2, 0.25) is 5.91 Å². The third-order valence-corrected chi connectivity index (χ3v) is 2.43. The molecule has 0 aliphatic carbocycles. The first-order valence-corrected chi connectivity index (χ1v) is 5.06. The van der Waals surface area contributed by atoms with Crippen molar-refractivity contribution in [1.29, 1.82) is 5.26 Å². The third-order valence-electron chi connectivity index (χ3n) is 1.81. The summed E-state index contributed by atoms with van der Waals surface area (Å²) in [5, 5.41) is 11.8. The minimum atomic E-state index is -0.264. The maximum absolute atomic E-state index is 11.0. The maximum atomic E-state index is 11.0. The Bertz CT molecular complexity index is 438. The molecule has 0 fully saturated rings. The molecule has 78 valence electrons. The highest BCUT2D eigenvalue weighted by atomic mass is 35.5. The number of hydrogen-bond donors (Lipinski definition) is 1. The van der Waals surface area contributed by atoms with Gasteiger partial charge in [0.1, 0.15) is 6.07 Å². The molecule has 0 saturated carbocycles. The highest BCUT2D eigenvalue weighted by molar-refractivity contribution is 6.33. The quantitative estimate of drug-likeness (QED) is 0.812. The number of rotatable bonds is 2. The van der Waals surface area contributed by atoms with Crippen LogP contribution in [0.4, 0.5) is 5.69 Å². The van der Waals surface area contributed by atoms with Gasteiger partial charge in [0.05, 0.1) is 17.1 Å². The van der Waals surface area contributed by atoms with Crippen molar-refractivity contribution in [3.8, 4) is 6.07 Å². The summed E-state index contributed by atoms with van der Waals surface area (Å²) in [5.74, 6) is -0.121. The van der Waals surface area contributed by atoms with Crippen molar-refractivity contribution in [2.75, 3.05) is 5.32 Å². The zero-order valence-corrected chi connectivity index (χ0v) is 9.49. The molecule has 1 amide bonds. The van der Waals surface area contributed by atoms with E-state index in [0.717, 1.165) is 0 Å². The molecule has 1 aromatic rings. The van der Waals surface area contributed by atoms with Gasteiger partial charge in [-0.2, -0.15) is 5.26 Å². The number of amides is 1. The van der Waals surface area contributed by atoms with Gasteiger partial charge >= 0.3 is 0 Å². The fraction of sp³-hybridized carbons (Fsp3) is 0.200. The smallest absolute Gasteiger partial charge is 0.221 e. The monoisotopic (exact) mass is 242 g/mol. The first-order chi connectivity index (χ1) is 7.10.